The molecule has 0 amide bonds. The summed E-state index contributed by atoms with van der Waals surface area (Å²) in [4.78, 5) is 15.8. The van der Waals surface area contributed by atoms with Crippen LogP contribution in [0.5, 0.6) is 0 Å². The van der Waals surface area contributed by atoms with E-state index in [1.54, 1.807) is 0 Å². The van der Waals surface area contributed by atoms with Crippen LogP contribution in [0, 0.1) is 11.6 Å². The Bertz CT molecular complexity index is 782. The highest BCUT2D eigenvalue weighted by atomic mass is 32.1. The first-order valence-electron chi connectivity index (χ1n) is 6.10. The Kier molecular flexibility index (Phi) is 3.92. The number of ether oxygens (including phenoxy) is 1. The fourth-order valence-corrected chi connectivity index (χ4v) is 2.34. The number of nitrogens with zero attached hydrogens (tertiary/aromatic N) is 2. The second-order valence-corrected chi connectivity index (χ2v) is 5.04. The lowest BCUT2D eigenvalue weighted by atomic mass is 10.2. The van der Waals surface area contributed by atoms with Crippen LogP contribution in [-0.4, -0.2) is 16.1 Å². The van der Waals surface area contributed by atoms with Gasteiger partial charge in [0.25, 0.3) is 5.89 Å². The zero-order valence-electron chi connectivity index (χ0n) is 11.0. The molecule has 0 unspecified atom stereocenters. The standard InChI is InChI=1S/C14H8F2N2O3S/c15-10-3-9(4-11(16)5-10)14(19)20-6-12-17-13(18-21-12)8-1-2-22-7-8/h1-5,7H,6H2. The second-order valence-electron chi connectivity index (χ2n) is 4.26. The summed E-state index contributed by atoms with van der Waals surface area (Å²) in [5.41, 5.74) is 0.564. The van der Waals surface area contributed by atoms with Crippen molar-refractivity contribution in [2.45, 2.75) is 6.61 Å². The summed E-state index contributed by atoms with van der Waals surface area (Å²) in [6.45, 7) is -0.284. The Hall–Kier alpha value is -2.61. The lowest BCUT2D eigenvalue weighted by molar-refractivity contribution is 0.0428. The highest BCUT2D eigenvalue weighted by Gasteiger charge is 2.14. The van der Waals surface area contributed by atoms with Crippen molar-refractivity contribution in [3.05, 3.63) is 58.1 Å². The molecule has 22 heavy (non-hydrogen) atoms. The van der Waals surface area contributed by atoms with Gasteiger partial charge in [-0.1, -0.05) is 5.16 Å². The minimum atomic E-state index is -0.881. The molecule has 0 bridgehead atoms. The fourth-order valence-electron chi connectivity index (χ4n) is 1.70. The maximum atomic E-state index is 13.0. The van der Waals surface area contributed by atoms with Crippen LogP contribution in [0.15, 0.2) is 39.5 Å². The van der Waals surface area contributed by atoms with E-state index >= 15 is 0 Å². The van der Waals surface area contributed by atoms with Crippen LogP contribution in [-0.2, 0) is 11.3 Å². The highest BCUT2D eigenvalue weighted by molar-refractivity contribution is 7.08. The lowest BCUT2D eigenvalue weighted by Gasteiger charge is -2.02. The molecule has 0 radical (unpaired) electrons. The van der Waals surface area contributed by atoms with Crippen LogP contribution in [0.1, 0.15) is 16.2 Å². The van der Waals surface area contributed by atoms with E-state index in [2.05, 4.69) is 10.1 Å². The van der Waals surface area contributed by atoms with E-state index in [4.69, 9.17) is 9.26 Å². The van der Waals surface area contributed by atoms with Crippen LogP contribution < -0.4 is 0 Å². The van der Waals surface area contributed by atoms with Crippen LogP contribution in [0.3, 0.4) is 0 Å². The summed E-state index contributed by atoms with van der Waals surface area (Å²) < 4.78 is 35.9. The maximum Gasteiger partial charge on any atom is 0.338 e. The zero-order chi connectivity index (χ0) is 15.5. The summed E-state index contributed by atoms with van der Waals surface area (Å²) in [7, 11) is 0. The molecule has 0 N–H and O–H groups in total. The van der Waals surface area contributed by atoms with Crippen molar-refractivity contribution in [2.24, 2.45) is 0 Å². The number of carbonyl (C=O) groups is 1. The van der Waals surface area contributed by atoms with Gasteiger partial charge in [0.2, 0.25) is 5.82 Å². The molecule has 112 valence electrons. The molecule has 3 aromatic rings. The number of hydrogen-bond donors (Lipinski definition) is 0. The number of benzene rings is 1. The van der Waals surface area contributed by atoms with Crippen molar-refractivity contribution >= 4 is 17.3 Å². The SMILES string of the molecule is O=C(OCc1nc(-c2ccsc2)no1)c1cc(F)cc(F)c1. The molecule has 0 atom stereocenters. The van der Waals surface area contributed by atoms with Crippen molar-refractivity contribution in [3.63, 3.8) is 0 Å². The van der Waals surface area contributed by atoms with Gasteiger partial charge in [0.15, 0.2) is 6.61 Å². The molecular formula is C14H8F2N2O3S. The minimum absolute atomic E-state index is 0.0893. The van der Waals surface area contributed by atoms with Crippen LogP contribution in [0.2, 0.25) is 0 Å². The van der Waals surface area contributed by atoms with Gasteiger partial charge in [0.1, 0.15) is 11.6 Å². The maximum absolute atomic E-state index is 13.0. The fraction of sp³-hybridized carbons (Fsp3) is 0.0714. The van der Waals surface area contributed by atoms with Crippen molar-refractivity contribution < 1.29 is 22.8 Å². The number of esters is 1. The summed E-state index contributed by atoms with van der Waals surface area (Å²) in [6.07, 6.45) is 0. The molecule has 3 rings (SSSR count). The molecule has 0 aliphatic heterocycles. The first-order chi connectivity index (χ1) is 10.6. The lowest BCUT2D eigenvalue weighted by Crippen LogP contribution is -2.06. The van der Waals surface area contributed by atoms with Gasteiger partial charge in [0, 0.05) is 17.0 Å². The molecule has 0 fully saturated rings. The number of rotatable bonds is 4. The first kappa shape index (κ1) is 14.3. The molecular weight excluding hydrogens is 314 g/mol. The average Bonchev–Trinajstić information content (AvgIpc) is 3.14. The van der Waals surface area contributed by atoms with Crippen molar-refractivity contribution in [1.29, 1.82) is 0 Å². The van der Waals surface area contributed by atoms with Crippen molar-refractivity contribution in [3.8, 4) is 11.4 Å². The molecule has 8 heteroatoms. The number of halogens is 2. The van der Waals surface area contributed by atoms with Gasteiger partial charge < -0.3 is 9.26 Å². The van der Waals surface area contributed by atoms with Crippen LogP contribution >= 0.6 is 11.3 Å². The van der Waals surface area contributed by atoms with E-state index in [-0.39, 0.29) is 18.1 Å². The Balaban J connectivity index is 1.66. The molecule has 0 saturated heterocycles. The van der Waals surface area contributed by atoms with E-state index in [1.807, 2.05) is 16.8 Å². The average molecular weight is 322 g/mol. The topological polar surface area (TPSA) is 65.2 Å². The summed E-state index contributed by atoms with van der Waals surface area (Å²) in [5, 5.41) is 7.46. The molecule has 0 spiro atoms. The van der Waals surface area contributed by atoms with E-state index < -0.39 is 17.6 Å². The smallest absolute Gasteiger partial charge is 0.338 e. The van der Waals surface area contributed by atoms with Crippen molar-refractivity contribution in [1.82, 2.24) is 10.1 Å². The predicted octanol–water partition coefficient (Wildman–Crippen LogP) is 3.43. The van der Waals surface area contributed by atoms with Crippen LogP contribution in [0.4, 0.5) is 8.78 Å². The summed E-state index contributed by atoms with van der Waals surface area (Å²) in [6, 6.07) is 4.26. The molecule has 2 heterocycles. The monoisotopic (exact) mass is 322 g/mol. The van der Waals surface area contributed by atoms with Gasteiger partial charge >= 0.3 is 5.97 Å². The Morgan fingerprint density at radius 2 is 2.05 bits per heavy atom. The molecule has 0 aliphatic carbocycles. The third-order valence-corrected chi connectivity index (χ3v) is 3.36. The van der Waals surface area contributed by atoms with E-state index in [9.17, 15) is 13.6 Å². The van der Waals surface area contributed by atoms with E-state index in [0.29, 0.717) is 11.9 Å². The summed E-state index contributed by atoms with van der Waals surface area (Å²) in [5.74, 6) is -2.13. The van der Waals surface area contributed by atoms with E-state index in [0.717, 1.165) is 17.7 Å². The van der Waals surface area contributed by atoms with Gasteiger partial charge in [-0.3, -0.25) is 0 Å². The number of thiophene rings is 1. The molecule has 0 saturated carbocycles. The van der Waals surface area contributed by atoms with Gasteiger partial charge in [-0.2, -0.15) is 16.3 Å². The zero-order valence-corrected chi connectivity index (χ0v) is 11.8. The van der Waals surface area contributed by atoms with Gasteiger partial charge in [-0.05, 0) is 23.6 Å². The van der Waals surface area contributed by atoms with Crippen molar-refractivity contribution in [2.75, 3.05) is 0 Å². The quantitative estimate of drug-likeness (QED) is 0.689. The van der Waals surface area contributed by atoms with Gasteiger partial charge in [-0.25, -0.2) is 13.6 Å². The second kappa shape index (κ2) is 6.02. The Morgan fingerprint density at radius 1 is 1.27 bits per heavy atom. The number of carbonyl (C=O) groups excluding carboxylic acids is 1. The minimum Gasteiger partial charge on any atom is -0.452 e. The summed E-state index contributed by atoms with van der Waals surface area (Å²) >= 11 is 1.48. The van der Waals surface area contributed by atoms with Gasteiger partial charge in [-0.15, -0.1) is 0 Å². The van der Waals surface area contributed by atoms with E-state index in [1.165, 1.54) is 11.3 Å². The Labute approximate surface area is 127 Å². The third kappa shape index (κ3) is 3.17. The van der Waals surface area contributed by atoms with Gasteiger partial charge in [0.05, 0.1) is 5.56 Å². The molecule has 1 aromatic carbocycles. The highest BCUT2D eigenvalue weighted by Crippen LogP contribution is 2.19. The third-order valence-electron chi connectivity index (χ3n) is 2.67. The normalized spacial score (nSPS) is 10.6. The Morgan fingerprint density at radius 3 is 2.73 bits per heavy atom. The molecule has 2 aromatic heterocycles. The van der Waals surface area contributed by atoms with Crippen LogP contribution in [0.25, 0.3) is 11.4 Å². The molecule has 0 aliphatic rings. The number of hydrogen-bond acceptors (Lipinski definition) is 6. The number of aromatic nitrogens is 2. The first-order valence-corrected chi connectivity index (χ1v) is 7.04. The predicted molar refractivity (Wildman–Crippen MR) is 73.1 cm³/mol. The molecule has 5 nitrogen and oxygen atoms in total. The largest absolute Gasteiger partial charge is 0.452 e.